The standard InChI is InChI=1S/C33H29NO3/c1-4-10-26(11-5-1)24-36-31-18-29(19-32(21-31)37-25-27-12-6-2-7-13-27)23-35-22-28-16-17-34-33(20-28)30-14-8-3-9-15-30/h1-21H,22-25H2. The zero-order chi connectivity index (χ0) is 25.1. The summed E-state index contributed by atoms with van der Waals surface area (Å²) >= 11 is 0. The van der Waals surface area contributed by atoms with E-state index in [-0.39, 0.29) is 0 Å². The van der Waals surface area contributed by atoms with Crippen LogP contribution in [-0.2, 0) is 31.2 Å². The fourth-order valence-electron chi connectivity index (χ4n) is 3.98. The van der Waals surface area contributed by atoms with E-state index in [1.165, 1.54) is 0 Å². The molecule has 4 nitrogen and oxygen atoms in total. The molecule has 0 saturated heterocycles. The van der Waals surface area contributed by atoms with Gasteiger partial charge in [0.2, 0.25) is 0 Å². The van der Waals surface area contributed by atoms with Gasteiger partial charge in [-0.05, 0) is 46.5 Å². The zero-order valence-electron chi connectivity index (χ0n) is 20.6. The van der Waals surface area contributed by atoms with Crippen LogP contribution in [0.25, 0.3) is 11.3 Å². The molecule has 0 N–H and O–H groups in total. The third-order valence-corrected chi connectivity index (χ3v) is 5.87. The van der Waals surface area contributed by atoms with E-state index < -0.39 is 0 Å². The molecule has 0 atom stereocenters. The highest BCUT2D eigenvalue weighted by Crippen LogP contribution is 2.26. The van der Waals surface area contributed by atoms with Crippen LogP contribution in [0.5, 0.6) is 11.5 Å². The van der Waals surface area contributed by atoms with Crippen molar-refractivity contribution in [2.24, 2.45) is 0 Å². The van der Waals surface area contributed by atoms with Crippen LogP contribution in [0, 0.1) is 0 Å². The highest BCUT2D eigenvalue weighted by Gasteiger charge is 2.07. The second-order valence-corrected chi connectivity index (χ2v) is 8.77. The predicted octanol–water partition coefficient (Wildman–Crippen LogP) is 7.62. The molecule has 0 aliphatic heterocycles. The Bertz CT molecular complexity index is 1330. The first-order valence-electron chi connectivity index (χ1n) is 12.4. The minimum Gasteiger partial charge on any atom is -0.489 e. The summed E-state index contributed by atoms with van der Waals surface area (Å²) in [6, 6.07) is 40.5. The smallest absolute Gasteiger partial charge is 0.123 e. The fourth-order valence-corrected chi connectivity index (χ4v) is 3.98. The van der Waals surface area contributed by atoms with Crippen LogP contribution in [0.1, 0.15) is 22.3 Å². The summed E-state index contributed by atoms with van der Waals surface area (Å²) in [5.74, 6) is 1.51. The molecule has 4 heteroatoms. The van der Waals surface area contributed by atoms with E-state index in [0.717, 1.165) is 45.0 Å². The Balaban J connectivity index is 1.26. The van der Waals surface area contributed by atoms with E-state index in [1.54, 1.807) is 0 Å². The summed E-state index contributed by atoms with van der Waals surface area (Å²) in [6.45, 7) is 1.90. The Labute approximate surface area is 218 Å². The predicted molar refractivity (Wildman–Crippen MR) is 146 cm³/mol. The highest BCUT2D eigenvalue weighted by molar-refractivity contribution is 5.59. The topological polar surface area (TPSA) is 40.6 Å². The van der Waals surface area contributed by atoms with Crippen LogP contribution in [0.4, 0.5) is 0 Å². The number of ether oxygens (including phenoxy) is 3. The van der Waals surface area contributed by atoms with Gasteiger partial charge in [0.05, 0.1) is 18.9 Å². The van der Waals surface area contributed by atoms with E-state index in [9.17, 15) is 0 Å². The average molecular weight is 488 g/mol. The molecule has 0 fully saturated rings. The largest absolute Gasteiger partial charge is 0.489 e. The third-order valence-electron chi connectivity index (χ3n) is 5.87. The lowest BCUT2D eigenvalue weighted by molar-refractivity contribution is 0.106. The Kier molecular flexibility index (Phi) is 8.22. The van der Waals surface area contributed by atoms with Gasteiger partial charge in [-0.2, -0.15) is 0 Å². The van der Waals surface area contributed by atoms with Gasteiger partial charge in [-0.15, -0.1) is 0 Å². The van der Waals surface area contributed by atoms with Gasteiger partial charge in [-0.3, -0.25) is 4.98 Å². The van der Waals surface area contributed by atoms with E-state index in [1.807, 2.05) is 85.1 Å². The zero-order valence-corrected chi connectivity index (χ0v) is 20.6. The number of rotatable bonds is 11. The van der Waals surface area contributed by atoms with Crippen molar-refractivity contribution in [1.82, 2.24) is 4.98 Å². The molecular formula is C33H29NO3. The number of hydrogen-bond acceptors (Lipinski definition) is 4. The van der Waals surface area contributed by atoms with Crippen molar-refractivity contribution in [3.63, 3.8) is 0 Å². The van der Waals surface area contributed by atoms with Crippen molar-refractivity contribution in [3.05, 3.63) is 150 Å². The van der Waals surface area contributed by atoms with E-state index >= 15 is 0 Å². The minimum absolute atomic E-state index is 0.438. The monoisotopic (exact) mass is 487 g/mol. The van der Waals surface area contributed by atoms with E-state index in [0.29, 0.717) is 26.4 Å². The minimum atomic E-state index is 0.438. The van der Waals surface area contributed by atoms with Crippen molar-refractivity contribution in [2.75, 3.05) is 0 Å². The molecule has 0 saturated carbocycles. The Hall–Kier alpha value is -4.41. The number of aromatic nitrogens is 1. The first kappa shape index (κ1) is 24.3. The van der Waals surface area contributed by atoms with Gasteiger partial charge in [-0.1, -0.05) is 91.0 Å². The van der Waals surface area contributed by atoms with Crippen LogP contribution >= 0.6 is 0 Å². The summed E-state index contributed by atoms with van der Waals surface area (Å²) < 4.78 is 18.3. The van der Waals surface area contributed by atoms with Gasteiger partial charge in [0.25, 0.3) is 0 Å². The molecule has 1 heterocycles. The van der Waals surface area contributed by atoms with Gasteiger partial charge < -0.3 is 14.2 Å². The van der Waals surface area contributed by atoms with Crippen LogP contribution in [-0.4, -0.2) is 4.98 Å². The van der Waals surface area contributed by atoms with Crippen LogP contribution in [0.2, 0.25) is 0 Å². The highest BCUT2D eigenvalue weighted by atomic mass is 16.5. The summed E-state index contributed by atoms with van der Waals surface area (Å²) in [6.07, 6.45) is 1.83. The third kappa shape index (κ3) is 7.29. The Morgan fingerprint density at radius 1 is 0.459 bits per heavy atom. The number of benzene rings is 4. The SMILES string of the molecule is c1ccc(COc2cc(COCc3ccnc(-c4ccccc4)c3)cc(OCc3ccccc3)c2)cc1. The fraction of sp³-hybridized carbons (Fsp3) is 0.121. The van der Waals surface area contributed by atoms with Crippen LogP contribution in [0.15, 0.2) is 128 Å². The van der Waals surface area contributed by atoms with Gasteiger partial charge in [-0.25, -0.2) is 0 Å². The molecule has 0 aliphatic rings. The lowest BCUT2D eigenvalue weighted by atomic mass is 10.1. The summed E-state index contributed by atoms with van der Waals surface area (Å²) in [5.41, 5.74) is 6.32. The maximum atomic E-state index is 6.11. The normalized spacial score (nSPS) is 10.7. The number of nitrogens with zero attached hydrogens (tertiary/aromatic N) is 1. The first-order chi connectivity index (χ1) is 18.3. The van der Waals surface area contributed by atoms with Crippen molar-refractivity contribution in [3.8, 4) is 22.8 Å². The van der Waals surface area contributed by atoms with E-state index in [4.69, 9.17) is 14.2 Å². The average Bonchev–Trinajstić information content (AvgIpc) is 2.97. The van der Waals surface area contributed by atoms with Gasteiger partial charge in [0.15, 0.2) is 0 Å². The summed E-state index contributed by atoms with van der Waals surface area (Å²) in [7, 11) is 0. The van der Waals surface area contributed by atoms with E-state index in [2.05, 4.69) is 47.4 Å². The molecule has 0 bridgehead atoms. The quantitative estimate of drug-likeness (QED) is 0.192. The summed E-state index contributed by atoms with van der Waals surface area (Å²) in [4.78, 5) is 4.50. The lowest BCUT2D eigenvalue weighted by Gasteiger charge is -2.13. The molecule has 0 aliphatic carbocycles. The van der Waals surface area contributed by atoms with Crippen molar-refractivity contribution >= 4 is 0 Å². The number of hydrogen-bond donors (Lipinski definition) is 0. The van der Waals surface area contributed by atoms with Gasteiger partial charge in [0.1, 0.15) is 24.7 Å². The molecule has 184 valence electrons. The second-order valence-electron chi connectivity index (χ2n) is 8.77. The molecule has 0 radical (unpaired) electrons. The Morgan fingerprint density at radius 2 is 1.00 bits per heavy atom. The van der Waals surface area contributed by atoms with Crippen LogP contribution in [0.3, 0.4) is 0 Å². The van der Waals surface area contributed by atoms with Crippen molar-refractivity contribution < 1.29 is 14.2 Å². The van der Waals surface area contributed by atoms with Gasteiger partial charge >= 0.3 is 0 Å². The first-order valence-corrected chi connectivity index (χ1v) is 12.4. The molecule has 0 amide bonds. The molecule has 1 aromatic heterocycles. The summed E-state index contributed by atoms with van der Waals surface area (Å²) in [5, 5.41) is 0. The van der Waals surface area contributed by atoms with Crippen LogP contribution < -0.4 is 9.47 Å². The molecule has 5 rings (SSSR count). The van der Waals surface area contributed by atoms with Crippen molar-refractivity contribution in [1.29, 1.82) is 0 Å². The van der Waals surface area contributed by atoms with Gasteiger partial charge in [0, 0.05) is 17.8 Å². The van der Waals surface area contributed by atoms with Crippen molar-refractivity contribution in [2.45, 2.75) is 26.4 Å². The molecule has 5 aromatic rings. The number of pyridine rings is 1. The maximum absolute atomic E-state index is 6.11. The molecular weight excluding hydrogens is 458 g/mol. The molecule has 37 heavy (non-hydrogen) atoms. The molecule has 4 aromatic carbocycles. The molecule has 0 spiro atoms. The second kappa shape index (κ2) is 12.5. The maximum Gasteiger partial charge on any atom is 0.123 e. The Morgan fingerprint density at radius 3 is 1.59 bits per heavy atom. The molecule has 0 unspecified atom stereocenters. The lowest BCUT2D eigenvalue weighted by Crippen LogP contribution is -2.01.